The number of aliphatic carboxylic acids is 1. The van der Waals surface area contributed by atoms with Crippen LogP contribution in [0.3, 0.4) is 0 Å². The Morgan fingerprint density at radius 2 is 1.69 bits per heavy atom. The van der Waals surface area contributed by atoms with Gasteiger partial charge in [-0.05, 0) is 13.8 Å². The summed E-state index contributed by atoms with van der Waals surface area (Å²) in [6.45, 7) is 3.28. The Bertz CT molecular complexity index is 242. The SMILES string of the molecule is CC(O)C(=O)O.Cc1ccccc1. The predicted molar refractivity (Wildman–Crippen MR) is 50.5 cm³/mol. The van der Waals surface area contributed by atoms with Crippen LogP contribution in [-0.4, -0.2) is 22.3 Å². The van der Waals surface area contributed by atoms with Gasteiger partial charge in [0.1, 0.15) is 6.10 Å². The van der Waals surface area contributed by atoms with Crippen LogP contribution in [0, 0.1) is 6.92 Å². The molecule has 0 fully saturated rings. The summed E-state index contributed by atoms with van der Waals surface area (Å²) in [5.74, 6) is -1.19. The lowest BCUT2D eigenvalue weighted by Gasteiger charge is -1.89. The third kappa shape index (κ3) is 7.03. The second kappa shape index (κ2) is 6.20. The van der Waals surface area contributed by atoms with E-state index < -0.39 is 12.1 Å². The van der Waals surface area contributed by atoms with Gasteiger partial charge in [-0.3, -0.25) is 0 Å². The normalized spacial score (nSPS) is 11.0. The van der Waals surface area contributed by atoms with E-state index in [1.54, 1.807) is 0 Å². The third-order valence-electron chi connectivity index (χ3n) is 1.30. The molecule has 0 saturated heterocycles. The molecule has 0 bridgehead atoms. The zero-order chi connectivity index (χ0) is 10.3. The van der Waals surface area contributed by atoms with Crippen molar-refractivity contribution in [3.63, 3.8) is 0 Å². The van der Waals surface area contributed by atoms with E-state index in [1.165, 1.54) is 12.5 Å². The zero-order valence-corrected chi connectivity index (χ0v) is 7.77. The highest BCUT2D eigenvalue weighted by Gasteiger charge is 2.01. The van der Waals surface area contributed by atoms with Crippen molar-refractivity contribution in [1.82, 2.24) is 0 Å². The fourth-order valence-corrected chi connectivity index (χ4v) is 0.534. The molecule has 1 unspecified atom stereocenters. The fraction of sp³-hybridized carbons (Fsp3) is 0.300. The Morgan fingerprint density at radius 3 is 1.85 bits per heavy atom. The number of aliphatic hydroxyl groups excluding tert-OH is 1. The summed E-state index contributed by atoms with van der Waals surface area (Å²) in [4.78, 5) is 9.45. The summed E-state index contributed by atoms with van der Waals surface area (Å²) in [7, 11) is 0. The fourth-order valence-electron chi connectivity index (χ4n) is 0.534. The molecule has 0 aliphatic heterocycles. The number of hydrogen-bond donors (Lipinski definition) is 2. The predicted octanol–water partition coefficient (Wildman–Crippen LogP) is 1.45. The minimum Gasteiger partial charge on any atom is -0.479 e. The summed E-state index contributed by atoms with van der Waals surface area (Å²) in [6.07, 6.45) is -1.23. The molecule has 0 amide bonds. The molecule has 0 saturated carbocycles. The van der Waals surface area contributed by atoms with Crippen molar-refractivity contribution in [3.05, 3.63) is 35.9 Å². The average Bonchev–Trinajstić information content (AvgIpc) is 2.06. The molecular weight excluding hydrogens is 168 g/mol. The van der Waals surface area contributed by atoms with Crippen LogP contribution in [0.15, 0.2) is 30.3 Å². The van der Waals surface area contributed by atoms with Gasteiger partial charge < -0.3 is 10.2 Å². The summed E-state index contributed by atoms with van der Waals surface area (Å²) in [5.41, 5.74) is 1.32. The van der Waals surface area contributed by atoms with E-state index in [4.69, 9.17) is 10.2 Å². The summed E-state index contributed by atoms with van der Waals surface area (Å²) < 4.78 is 0. The van der Waals surface area contributed by atoms with E-state index in [0.717, 1.165) is 0 Å². The molecular formula is C10H14O3. The van der Waals surface area contributed by atoms with Gasteiger partial charge in [0.05, 0.1) is 0 Å². The van der Waals surface area contributed by atoms with E-state index >= 15 is 0 Å². The number of carboxylic acid groups (broad SMARTS) is 1. The maximum absolute atomic E-state index is 9.45. The third-order valence-corrected chi connectivity index (χ3v) is 1.30. The van der Waals surface area contributed by atoms with Gasteiger partial charge in [-0.15, -0.1) is 0 Å². The molecule has 1 aromatic carbocycles. The number of rotatable bonds is 1. The number of aliphatic hydroxyl groups is 1. The van der Waals surface area contributed by atoms with Crippen LogP contribution in [0.25, 0.3) is 0 Å². The highest BCUT2D eigenvalue weighted by Crippen LogP contribution is 1.92. The first-order valence-corrected chi connectivity index (χ1v) is 3.96. The van der Waals surface area contributed by atoms with E-state index in [-0.39, 0.29) is 0 Å². The van der Waals surface area contributed by atoms with Gasteiger partial charge in [0.25, 0.3) is 0 Å². The first kappa shape index (κ1) is 11.6. The van der Waals surface area contributed by atoms with Crippen molar-refractivity contribution >= 4 is 5.97 Å². The first-order chi connectivity index (χ1) is 6.04. The maximum atomic E-state index is 9.45. The molecule has 3 nitrogen and oxygen atoms in total. The highest BCUT2D eigenvalue weighted by molar-refractivity contribution is 5.71. The smallest absolute Gasteiger partial charge is 0.332 e. The quantitative estimate of drug-likeness (QED) is 0.691. The van der Waals surface area contributed by atoms with Crippen molar-refractivity contribution in [2.75, 3.05) is 0 Å². The molecule has 0 aromatic heterocycles. The van der Waals surface area contributed by atoms with Crippen LogP contribution in [0.4, 0.5) is 0 Å². The van der Waals surface area contributed by atoms with E-state index in [0.29, 0.717) is 0 Å². The number of carbonyl (C=O) groups is 1. The Balaban J connectivity index is 0.000000226. The highest BCUT2D eigenvalue weighted by atomic mass is 16.4. The van der Waals surface area contributed by atoms with E-state index in [2.05, 4.69) is 19.1 Å². The Labute approximate surface area is 77.6 Å². The number of hydrogen-bond acceptors (Lipinski definition) is 2. The van der Waals surface area contributed by atoms with Gasteiger partial charge >= 0.3 is 5.97 Å². The molecule has 0 spiro atoms. The lowest BCUT2D eigenvalue weighted by atomic mass is 10.2. The van der Waals surface area contributed by atoms with Crippen molar-refractivity contribution in [2.45, 2.75) is 20.0 Å². The minimum atomic E-state index is -1.23. The van der Waals surface area contributed by atoms with Gasteiger partial charge in [-0.2, -0.15) is 0 Å². The molecule has 2 N–H and O–H groups in total. The molecule has 0 aliphatic carbocycles. The van der Waals surface area contributed by atoms with Gasteiger partial charge in [0.15, 0.2) is 0 Å². The van der Waals surface area contributed by atoms with Gasteiger partial charge in [0.2, 0.25) is 0 Å². The molecule has 13 heavy (non-hydrogen) atoms. The minimum absolute atomic E-state index is 1.19. The first-order valence-electron chi connectivity index (χ1n) is 3.96. The van der Waals surface area contributed by atoms with Crippen molar-refractivity contribution in [2.24, 2.45) is 0 Å². The Hall–Kier alpha value is -1.35. The van der Waals surface area contributed by atoms with Crippen LogP contribution in [0.1, 0.15) is 12.5 Å². The molecule has 1 aromatic rings. The monoisotopic (exact) mass is 182 g/mol. The molecule has 0 radical (unpaired) electrons. The molecule has 1 atom stereocenters. The number of carboxylic acids is 1. The lowest BCUT2D eigenvalue weighted by Crippen LogP contribution is -2.13. The topological polar surface area (TPSA) is 57.5 Å². The van der Waals surface area contributed by atoms with Crippen LogP contribution < -0.4 is 0 Å². The van der Waals surface area contributed by atoms with E-state index in [1.807, 2.05) is 18.2 Å². The largest absolute Gasteiger partial charge is 0.479 e. The van der Waals surface area contributed by atoms with Crippen LogP contribution in [0.5, 0.6) is 0 Å². The van der Waals surface area contributed by atoms with Gasteiger partial charge in [-0.1, -0.05) is 35.9 Å². The van der Waals surface area contributed by atoms with Crippen molar-refractivity contribution in [3.8, 4) is 0 Å². The summed E-state index contributed by atoms with van der Waals surface area (Å²) >= 11 is 0. The van der Waals surface area contributed by atoms with Crippen molar-refractivity contribution in [1.29, 1.82) is 0 Å². The zero-order valence-electron chi connectivity index (χ0n) is 7.77. The van der Waals surface area contributed by atoms with Gasteiger partial charge in [-0.25, -0.2) is 4.79 Å². The molecule has 3 heteroatoms. The maximum Gasteiger partial charge on any atom is 0.332 e. The molecule has 72 valence electrons. The second-order valence-corrected chi connectivity index (χ2v) is 2.67. The Morgan fingerprint density at radius 1 is 1.31 bits per heavy atom. The standard InChI is InChI=1S/C7H8.C3H6O3/c1-7-5-3-2-4-6-7;1-2(4)3(5)6/h2-6H,1H3;2,4H,1H3,(H,5,6). The Kier molecular flexibility index (Phi) is 5.55. The van der Waals surface area contributed by atoms with Crippen LogP contribution in [0.2, 0.25) is 0 Å². The average molecular weight is 182 g/mol. The molecule has 0 heterocycles. The van der Waals surface area contributed by atoms with Crippen LogP contribution >= 0.6 is 0 Å². The molecule has 0 aliphatic rings. The lowest BCUT2D eigenvalue weighted by molar-refractivity contribution is -0.145. The van der Waals surface area contributed by atoms with E-state index in [9.17, 15) is 4.79 Å². The van der Waals surface area contributed by atoms with Crippen molar-refractivity contribution < 1.29 is 15.0 Å². The van der Waals surface area contributed by atoms with Gasteiger partial charge in [0, 0.05) is 0 Å². The number of aryl methyl sites for hydroxylation is 1. The molecule has 1 rings (SSSR count). The summed E-state index contributed by atoms with van der Waals surface area (Å²) in [6, 6.07) is 10.3. The number of benzene rings is 1. The second-order valence-electron chi connectivity index (χ2n) is 2.67. The summed E-state index contributed by atoms with van der Waals surface area (Å²) in [5, 5.41) is 15.8. The van der Waals surface area contributed by atoms with Crippen LogP contribution in [-0.2, 0) is 4.79 Å².